The highest BCUT2D eigenvalue weighted by Crippen LogP contribution is 2.27. The Morgan fingerprint density at radius 3 is 3.00 bits per heavy atom. The molecule has 1 saturated heterocycles. The molecule has 1 N–H and O–H groups in total. The van der Waals surface area contributed by atoms with E-state index in [1.807, 2.05) is 0 Å². The van der Waals surface area contributed by atoms with Crippen LogP contribution in [0.4, 0.5) is 4.39 Å². The van der Waals surface area contributed by atoms with Crippen molar-refractivity contribution >= 4 is 17.7 Å². The zero-order chi connectivity index (χ0) is 8.27. The van der Waals surface area contributed by atoms with Gasteiger partial charge in [-0.25, -0.2) is 4.39 Å². The lowest BCUT2D eigenvalue weighted by atomic mass is 9.97. The minimum absolute atomic E-state index is 0.0122. The Bertz CT molecular complexity index is 151. The topological polar surface area (TPSA) is 37.3 Å². The molecule has 0 aliphatic carbocycles. The van der Waals surface area contributed by atoms with Gasteiger partial charge < -0.3 is 5.11 Å². The van der Waals surface area contributed by atoms with Crippen LogP contribution in [-0.2, 0) is 4.79 Å². The van der Waals surface area contributed by atoms with E-state index < -0.39 is 12.1 Å². The van der Waals surface area contributed by atoms with Gasteiger partial charge in [0, 0.05) is 11.7 Å². The highest BCUT2D eigenvalue weighted by molar-refractivity contribution is 7.99. The third-order valence-electron chi connectivity index (χ3n) is 1.86. The Kier molecular flexibility index (Phi) is 3.17. The molecule has 1 rings (SSSR count). The molecular formula is C7H11FO2S. The summed E-state index contributed by atoms with van der Waals surface area (Å²) in [5.74, 6) is 0.245. The lowest BCUT2D eigenvalue weighted by molar-refractivity contribution is -0.138. The van der Waals surface area contributed by atoms with Crippen LogP contribution < -0.4 is 0 Å². The molecule has 4 heteroatoms. The summed E-state index contributed by atoms with van der Waals surface area (Å²) in [6.07, 6.45) is -0.218. The van der Waals surface area contributed by atoms with Gasteiger partial charge in [0.25, 0.3) is 0 Å². The summed E-state index contributed by atoms with van der Waals surface area (Å²) in [5, 5.41) is 8.41. The number of thioether (sulfide) groups is 1. The van der Waals surface area contributed by atoms with E-state index in [2.05, 4.69) is 0 Å². The van der Waals surface area contributed by atoms with E-state index in [0.29, 0.717) is 12.2 Å². The first kappa shape index (κ1) is 8.84. The largest absolute Gasteiger partial charge is 0.481 e. The van der Waals surface area contributed by atoms with Crippen LogP contribution in [0.2, 0.25) is 0 Å². The second kappa shape index (κ2) is 3.95. The van der Waals surface area contributed by atoms with Crippen LogP contribution in [0.15, 0.2) is 0 Å². The van der Waals surface area contributed by atoms with Crippen molar-refractivity contribution < 1.29 is 14.3 Å². The van der Waals surface area contributed by atoms with Gasteiger partial charge in [0.1, 0.15) is 6.17 Å². The number of carbonyl (C=O) groups is 1. The van der Waals surface area contributed by atoms with Gasteiger partial charge in [-0.3, -0.25) is 4.79 Å². The van der Waals surface area contributed by atoms with E-state index in [1.165, 1.54) is 0 Å². The van der Waals surface area contributed by atoms with Crippen molar-refractivity contribution in [2.24, 2.45) is 5.92 Å². The Balaban J connectivity index is 2.35. The first-order valence-corrected chi connectivity index (χ1v) is 4.79. The van der Waals surface area contributed by atoms with E-state index in [4.69, 9.17) is 5.11 Å². The Morgan fingerprint density at radius 2 is 2.45 bits per heavy atom. The second-order valence-electron chi connectivity index (χ2n) is 2.74. The van der Waals surface area contributed by atoms with Crippen LogP contribution in [0.5, 0.6) is 0 Å². The maximum Gasteiger partial charge on any atom is 0.303 e. The predicted molar refractivity (Wildman–Crippen MR) is 42.6 cm³/mol. The monoisotopic (exact) mass is 178 g/mol. The summed E-state index contributed by atoms with van der Waals surface area (Å²) < 4.78 is 12.9. The van der Waals surface area contributed by atoms with E-state index in [0.717, 1.165) is 5.75 Å². The summed E-state index contributed by atoms with van der Waals surface area (Å²) in [6, 6.07) is 0. The van der Waals surface area contributed by atoms with E-state index in [1.54, 1.807) is 11.8 Å². The van der Waals surface area contributed by atoms with Crippen molar-refractivity contribution in [2.75, 3.05) is 11.5 Å². The zero-order valence-electron chi connectivity index (χ0n) is 6.12. The fraction of sp³-hybridized carbons (Fsp3) is 0.857. The van der Waals surface area contributed by atoms with Crippen molar-refractivity contribution in [3.05, 3.63) is 0 Å². The summed E-state index contributed by atoms with van der Waals surface area (Å²) in [4.78, 5) is 10.2. The molecule has 0 spiro atoms. The number of aliphatic carboxylic acids is 1. The fourth-order valence-corrected chi connectivity index (χ4v) is 2.34. The zero-order valence-corrected chi connectivity index (χ0v) is 6.94. The minimum Gasteiger partial charge on any atom is -0.481 e. The highest BCUT2D eigenvalue weighted by Gasteiger charge is 2.26. The second-order valence-corrected chi connectivity index (χ2v) is 3.89. The molecule has 11 heavy (non-hydrogen) atoms. The van der Waals surface area contributed by atoms with Crippen LogP contribution >= 0.6 is 11.8 Å². The molecule has 0 bridgehead atoms. The molecule has 1 aliphatic rings. The van der Waals surface area contributed by atoms with Crippen molar-refractivity contribution in [1.82, 2.24) is 0 Å². The molecule has 1 heterocycles. The Hall–Kier alpha value is -0.250. The van der Waals surface area contributed by atoms with E-state index in [-0.39, 0.29) is 12.3 Å². The van der Waals surface area contributed by atoms with Crippen LogP contribution in [0.3, 0.4) is 0 Å². The lowest BCUT2D eigenvalue weighted by Gasteiger charge is -2.23. The van der Waals surface area contributed by atoms with Crippen molar-refractivity contribution in [3.8, 4) is 0 Å². The molecule has 0 unspecified atom stereocenters. The summed E-state index contributed by atoms with van der Waals surface area (Å²) in [6.45, 7) is 0. The maximum atomic E-state index is 12.9. The number of hydrogen-bond acceptors (Lipinski definition) is 2. The van der Waals surface area contributed by atoms with Gasteiger partial charge in [0.05, 0.1) is 6.42 Å². The van der Waals surface area contributed by atoms with Gasteiger partial charge >= 0.3 is 5.97 Å². The summed E-state index contributed by atoms with van der Waals surface area (Å²) >= 11 is 1.57. The van der Waals surface area contributed by atoms with E-state index >= 15 is 0 Å². The van der Waals surface area contributed by atoms with Crippen LogP contribution in [0.1, 0.15) is 12.8 Å². The third kappa shape index (κ3) is 2.69. The average Bonchev–Trinajstić information content (AvgIpc) is 1.93. The first-order valence-electron chi connectivity index (χ1n) is 3.63. The maximum absolute atomic E-state index is 12.9. The fourth-order valence-electron chi connectivity index (χ4n) is 1.20. The van der Waals surface area contributed by atoms with Crippen LogP contribution in [-0.4, -0.2) is 28.8 Å². The molecule has 2 atom stereocenters. The van der Waals surface area contributed by atoms with Crippen molar-refractivity contribution in [1.29, 1.82) is 0 Å². The molecular weight excluding hydrogens is 167 g/mol. The number of rotatable bonds is 2. The predicted octanol–water partition coefficient (Wildman–Crippen LogP) is 1.55. The van der Waals surface area contributed by atoms with Gasteiger partial charge in [-0.2, -0.15) is 11.8 Å². The van der Waals surface area contributed by atoms with Gasteiger partial charge in [-0.1, -0.05) is 0 Å². The van der Waals surface area contributed by atoms with Gasteiger partial charge in [0.2, 0.25) is 0 Å². The quantitative estimate of drug-likeness (QED) is 0.697. The number of halogens is 1. The van der Waals surface area contributed by atoms with Crippen molar-refractivity contribution in [3.63, 3.8) is 0 Å². The summed E-state index contributed by atoms with van der Waals surface area (Å²) in [5.41, 5.74) is 0. The van der Waals surface area contributed by atoms with Gasteiger partial charge in [0.15, 0.2) is 0 Å². The lowest BCUT2D eigenvalue weighted by Crippen LogP contribution is -2.26. The molecule has 0 aromatic carbocycles. The molecule has 64 valence electrons. The highest BCUT2D eigenvalue weighted by atomic mass is 32.2. The van der Waals surface area contributed by atoms with Crippen molar-refractivity contribution in [2.45, 2.75) is 19.0 Å². The standard InChI is InChI=1S/C7H11FO2S/c8-6-4-11-2-1-5(6)3-7(9)10/h5-6H,1-4H2,(H,9,10)/t5-,6+/m0/s1. The number of alkyl halides is 1. The van der Waals surface area contributed by atoms with Gasteiger partial charge in [-0.15, -0.1) is 0 Å². The summed E-state index contributed by atoms with van der Waals surface area (Å²) in [7, 11) is 0. The molecule has 0 aromatic heterocycles. The Labute approximate surface area is 69.2 Å². The minimum atomic E-state index is -0.912. The molecule has 0 saturated carbocycles. The van der Waals surface area contributed by atoms with E-state index in [9.17, 15) is 9.18 Å². The number of carboxylic acid groups (broad SMARTS) is 1. The first-order chi connectivity index (χ1) is 5.20. The van der Waals surface area contributed by atoms with Gasteiger partial charge in [-0.05, 0) is 12.2 Å². The molecule has 2 nitrogen and oxygen atoms in total. The molecule has 0 radical (unpaired) electrons. The molecule has 0 aromatic rings. The van der Waals surface area contributed by atoms with Crippen LogP contribution in [0, 0.1) is 5.92 Å². The smallest absolute Gasteiger partial charge is 0.303 e. The molecule has 1 fully saturated rings. The number of carboxylic acids is 1. The molecule has 1 aliphatic heterocycles. The SMILES string of the molecule is O=C(O)C[C@@H]1CCSC[C@H]1F. The number of hydrogen-bond donors (Lipinski definition) is 1. The third-order valence-corrected chi connectivity index (χ3v) is 2.94. The van der Waals surface area contributed by atoms with Crippen LogP contribution in [0.25, 0.3) is 0 Å². The Morgan fingerprint density at radius 1 is 1.73 bits per heavy atom. The molecule has 0 amide bonds. The average molecular weight is 178 g/mol. The normalized spacial score (nSPS) is 31.7.